The van der Waals surface area contributed by atoms with Gasteiger partial charge < -0.3 is 14.4 Å². The van der Waals surface area contributed by atoms with Crippen molar-refractivity contribution in [3.05, 3.63) is 54.1 Å². The van der Waals surface area contributed by atoms with E-state index in [0.717, 1.165) is 5.56 Å². The second kappa shape index (κ2) is 10.1. The number of nitrogens with one attached hydrogen (secondary N) is 1. The smallest absolute Gasteiger partial charge is 0.348 e. The van der Waals surface area contributed by atoms with E-state index in [4.69, 9.17) is 9.47 Å². The van der Waals surface area contributed by atoms with Crippen molar-refractivity contribution in [3.63, 3.8) is 0 Å². The minimum atomic E-state index is -3.55. The maximum absolute atomic E-state index is 13.0. The van der Waals surface area contributed by atoms with E-state index in [9.17, 15) is 18.0 Å². The van der Waals surface area contributed by atoms with Gasteiger partial charge in [-0.3, -0.25) is 4.79 Å². The van der Waals surface area contributed by atoms with Crippen molar-refractivity contribution in [3.8, 4) is 5.75 Å². The fraction of sp³-hybridized carbons (Fsp3) is 0.391. The Morgan fingerprint density at radius 3 is 2.50 bits per heavy atom. The number of esters is 1. The molecule has 3 rings (SSSR count). The van der Waals surface area contributed by atoms with Gasteiger partial charge in [0.05, 0.1) is 24.2 Å². The summed E-state index contributed by atoms with van der Waals surface area (Å²) in [5.41, 5.74) is 1.45. The Hall–Kier alpha value is -2.91. The lowest BCUT2D eigenvalue weighted by molar-refractivity contribution is -0.148. The lowest BCUT2D eigenvalue weighted by Gasteiger charge is -2.33. The molecule has 0 saturated carbocycles. The summed E-state index contributed by atoms with van der Waals surface area (Å²) < 4.78 is 37.7. The second-order valence-corrected chi connectivity index (χ2v) is 9.76. The van der Waals surface area contributed by atoms with Crippen molar-refractivity contribution in [1.82, 2.24) is 4.72 Å². The molecule has 0 radical (unpaired) electrons. The molecule has 1 N–H and O–H groups in total. The van der Waals surface area contributed by atoms with E-state index in [0.29, 0.717) is 24.4 Å². The van der Waals surface area contributed by atoms with Gasteiger partial charge in [0.15, 0.2) is 0 Å². The zero-order valence-electron chi connectivity index (χ0n) is 18.4. The molecule has 0 spiro atoms. The molecule has 172 valence electrons. The van der Waals surface area contributed by atoms with E-state index in [1.165, 1.54) is 12.0 Å². The molecule has 2 aromatic carbocycles. The number of sulfonamides is 1. The topological polar surface area (TPSA) is 102 Å². The summed E-state index contributed by atoms with van der Waals surface area (Å²) in [6.45, 7) is 4.30. The number of fused-ring (bicyclic) bond motifs is 1. The van der Waals surface area contributed by atoms with Crippen LogP contribution in [-0.4, -0.2) is 46.6 Å². The van der Waals surface area contributed by atoms with Gasteiger partial charge in [0.2, 0.25) is 22.0 Å². The molecule has 1 atom stereocenters. The van der Waals surface area contributed by atoms with Crippen LogP contribution in [0, 0.1) is 5.92 Å². The van der Waals surface area contributed by atoms with Crippen LogP contribution in [0.15, 0.2) is 53.4 Å². The maximum Gasteiger partial charge on any atom is 0.348 e. The normalized spacial score (nSPS) is 15.8. The molecule has 1 heterocycles. The van der Waals surface area contributed by atoms with E-state index in [-0.39, 0.29) is 29.7 Å². The number of methoxy groups -OCH3 is 1. The second-order valence-electron chi connectivity index (χ2n) is 7.99. The van der Waals surface area contributed by atoms with Gasteiger partial charge in [0, 0.05) is 13.0 Å². The lowest BCUT2D eigenvalue weighted by atomic mass is 10.1. The zero-order chi connectivity index (χ0) is 23.3. The summed E-state index contributed by atoms with van der Waals surface area (Å²) in [5.74, 6) is -0.0461. The van der Waals surface area contributed by atoms with Crippen molar-refractivity contribution in [2.45, 2.75) is 37.7 Å². The minimum Gasteiger partial charge on any atom is -0.475 e. The monoisotopic (exact) mass is 460 g/mol. The summed E-state index contributed by atoms with van der Waals surface area (Å²) in [4.78, 5) is 26.7. The van der Waals surface area contributed by atoms with Crippen molar-refractivity contribution in [1.29, 1.82) is 0 Å². The van der Waals surface area contributed by atoms with E-state index in [1.807, 2.05) is 13.8 Å². The van der Waals surface area contributed by atoms with E-state index in [2.05, 4.69) is 4.72 Å². The summed E-state index contributed by atoms with van der Waals surface area (Å²) in [6, 6.07) is 13.5. The predicted molar refractivity (Wildman–Crippen MR) is 120 cm³/mol. The first-order chi connectivity index (χ1) is 15.2. The number of carbonyl (C=O) groups excluding carboxylic acids is 2. The predicted octanol–water partition coefficient (Wildman–Crippen LogP) is 2.52. The highest BCUT2D eigenvalue weighted by Gasteiger charge is 2.34. The molecule has 0 aromatic heterocycles. The fourth-order valence-corrected chi connectivity index (χ4v) is 4.52. The Kier molecular flexibility index (Phi) is 7.52. The minimum absolute atomic E-state index is 0.0707. The van der Waals surface area contributed by atoms with Crippen molar-refractivity contribution in [2.24, 2.45) is 5.92 Å². The Bertz CT molecular complexity index is 1070. The Balaban J connectivity index is 1.67. The van der Waals surface area contributed by atoms with Crippen LogP contribution in [0.25, 0.3) is 0 Å². The number of amides is 1. The quantitative estimate of drug-likeness (QED) is 0.608. The fourth-order valence-electron chi connectivity index (χ4n) is 3.31. The van der Waals surface area contributed by atoms with Crippen LogP contribution in [0.2, 0.25) is 0 Å². The van der Waals surface area contributed by atoms with E-state index >= 15 is 0 Å². The molecule has 8 nitrogen and oxygen atoms in total. The van der Waals surface area contributed by atoms with Gasteiger partial charge in [-0.1, -0.05) is 38.1 Å². The number of hydrogen-bond donors (Lipinski definition) is 1. The summed E-state index contributed by atoms with van der Waals surface area (Å²) in [6.07, 6.45) is -0.261. The molecule has 9 heteroatoms. The van der Waals surface area contributed by atoms with Gasteiger partial charge in [-0.2, -0.15) is 0 Å². The van der Waals surface area contributed by atoms with E-state index < -0.39 is 22.1 Å². The molecule has 0 fully saturated rings. The standard InChI is InChI=1S/C23H28N2O6S/c1-16(2)14-24-32(28,29)18-11-8-17(9-12-18)10-13-22(26)25-15-21(23(27)30-3)31-20-7-5-4-6-19(20)25/h4-9,11-12,16,21,24H,10,13-15H2,1-3H3. The number of hydrogen-bond acceptors (Lipinski definition) is 6. The summed E-state index contributed by atoms with van der Waals surface area (Å²) >= 11 is 0. The number of aryl methyl sites for hydroxylation is 1. The van der Waals surface area contributed by atoms with Gasteiger partial charge in [-0.15, -0.1) is 0 Å². The number of rotatable bonds is 8. The Morgan fingerprint density at radius 2 is 1.84 bits per heavy atom. The average Bonchev–Trinajstić information content (AvgIpc) is 2.80. The van der Waals surface area contributed by atoms with Gasteiger partial charge >= 0.3 is 5.97 Å². The van der Waals surface area contributed by atoms with Crippen LogP contribution in [-0.2, 0) is 30.8 Å². The lowest BCUT2D eigenvalue weighted by Crippen LogP contribution is -2.47. The summed E-state index contributed by atoms with van der Waals surface area (Å²) in [5, 5.41) is 0. The SMILES string of the molecule is COC(=O)C1CN(C(=O)CCc2ccc(S(=O)(=O)NCC(C)C)cc2)c2ccccc2O1. The Labute approximate surface area is 188 Å². The van der Waals surface area contributed by atoms with Crippen LogP contribution < -0.4 is 14.4 Å². The van der Waals surface area contributed by atoms with Gasteiger partial charge in [-0.05, 0) is 42.2 Å². The molecule has 1 unspecified atom stereocenters. The third kappa shape index (κ3) is 5.66. The largest absolute Gasteiger partial charge is 0.475 e. The molecule has 32 heavy (non-hydrogen) atoms. The first-order valence-corrected chi connectivity index (χ1v) is 11.9. The molecule has 0 bridgehead atoms. The van der Waals surface area contributed by atoms with Crippen molar-refractivity contribution in [2.75, 3.05) is 25.1 Å². The third-order valence-electron chi connectivity index (χ3n) is 5.08. The van der Waals surface area contributed by atoms with Crippen LogP contribution in [0.4, 0.5) is 5.69 Å². The van der Waals surface area contributed by atoms with Crippen LogP contribution in [0.3, 0.4) is 0 Å². The molecular weight excluding hydrogens is 432 g/mol. The van der Waals surface area contributed by atoms with Crippen molar-refractivity contribution >= 4 is 27.6 Å². The molecule has 2 aromatic rings. The van der Waals surface area contributed by atoms with Crippen LogP contribution >= 0.6 is 0 Å². The highest BCUT2D eigenvalue weighted by atomic mass is 32.2. The first-order valence-electron chi connectivity index (χ1n) is 10.4. The number of para-hydroxylation sites is 2. The van der Waals surface area contributed by atoms with Gasteiger partial charge in [0.25, 0.3) is 0 Å². The average molecular weight is 461 g/mol. The molecule has 1 amide bonds. The zero-order valence-corrected chi connectivity index (χ0v) is 19.2. The number of ether oxygens (including phenoxy) is 2. The van der Waals surface area contributed by atoms with Gasteiger partial charge in [-0.25, -0.2) is 17.9 Å². The van der Waals surface area contributed by atoms with Crippen LogP contribution in [0.1, 0.15) is 25.8 Å². The Morgan fingerprint density at radius 1 is 1.16 bits per heavy atom. The first kappa shape index (κ1) is 23.7. The van der Waals surface area contributed by atoms with Crippen LogP contribution in [0.5, 0.6) is 5.75 Å². The molecule has 0 saturated heterocycles. The van der Waals surface area contributed by atoms with E-state index in [1.54, 1.807) is 48.5 Å². The third-order valence-corrected chi connectivity index (χ3v) is 6.52. The van der Waals surface area contributed by atoms with Crippen molar-refractivity contribution < 1.29 is 27.5 Å². The number of carbonyl (C=O) groups is 2. The maximum atomic E-state index is 13.0. The molecular formula is C23H28N2O6S. The highest BCUT2D eigenvalue weighted by Crippen LogP contribution is 2.33. The summed E-state index contributed by atoms with van der Waals surface area (Å²) in [7, 11) is -2.28. The molecule has 1 aliphatic heterocycles. The number of anilines is 1. The number of nitrogens with zero attached hydrogens (tertiary/aromatic N) is 1. The number of benzene rings is 2. The molecule has 1 aliphatic rings. The molecule has 0 aliphatic carbocycles. The highest BCUT2D eigenvalue weighted by molar-refractivity contribution is 7.89. The van der Waals surface area contributed by atoms with Gasteiger partial charge in [0.1, 0.15) is 5.75 Å².